The van der Waals surface area contributed by atoms with Crippen LogP contribution in [0.25, 0.3) is 11.3 Å². The number of H-pyrrole nitrogens is 2. The molecule has 1 atom stereocenters. The van der Waals surface area contributed by atoms with Crippen molar-refractivity contribution in [1.29, 1.82) is 0 Å². The molecule has 7 nitrogen and oxygen atoms in total. The summed E-state index contributed by atoms with van der Waals surface area (Å²) in [4.78, 5) is 48.2. The normalized spacial score (nSPS) is 16.7. The summed E-state index contributed by atoms with van der Waals surface area (Å²) in [7, 11) is 0. The molecule has 2 aromatic heterocycles. The van der Waals surface area contributed by atoms with E-state index in [4.69, 9.17) is 0 Å². The fourth-order valence-electron chi connectivity index (χ4n) is 3.61. The SMILES string of the molecule is O=C(c1ccc(-c2ccccc2)[nH]c1=O)N1CCCC(c2cc(=O)[nH]cn2)C1. The first-order chi connectivity index (χ1) is 13.6. The van der Waals surface area contributed by atoms with Crippen molar-refractivity contribution in [2.24, 2.45) is 0 Å². The van der Waals surface area contributed by atoms with Crippen molar-refractivity contribution < 1.29 is 4.79 Å². The maximum Gasteiger partial charge on any atom is 0.261 e. The molecule has 1 unspecified atom stereocenters. The van der Waals surface area contributed by atoms with Gasteiger partial charge < -0.3 is 14.9 Å². The second-order valence-electron chi connectivity index (χ2n) is 6.91. The Morgan fingerprint density at radius 3 is 2.68 bits per heavy atom. The van der Waals surface area contributed by atoms with Gasteiger partial charge in [-0.1, -0.05) is 30.3 Å². The summed E-state index contributed by atoms with van der Waals surface area (Å²) >= 11 is 0. The van der Waals surface area contributed by atoms with Gasteiger partial charge in [-0.2, -0.15) is 0 Å². The Morgan fingerprint density at radius 2 is 1.93 bits per heavy atom. The van der Waals surface area contributed by atoms with Gasteiger partial charge in [0.25, 0.3) is 17.0 Å². The molecule has 142 valence electrons. The van der Waals surface area contributed by atoms with Crippen LogP contribution in [-0.4, -0.2) is 38.8 Å². The number of aromatic nitrogens is 3. The molecule has 1 fully saturated rings. The quantitative estimate of drug-likeness (QED) is 0.732. The Kier molecular flexibility index (Phi) is 4.89. The van der Waals surface area contributed by atoms with E-state index in [1.54, 1.807) is 17.0 Å². The van der Waals surface area contributed by atoms with Crippen molar-refractivity contribution >= 4 is 5.91 Å². The number of nitrogens with one attached hydrogen (secondary N) is 2. The first kappa shape index (κ1) is 17.9. The van der Waals surface area contributed by atoms with Crippen LogP contribution in [0.5, 0.6) is 0 Å². The van der Waals surface area contributed by atoms with Crippen molar-refractivity contribution in [1.82, 2.24) is 19.9 Å². The van der Waals surface area contributed by atoms with Crippen LogP contribution < -0.4 is 11.1 Å². The van der Waals surface area contributed by atoms with Crippen molar-refractivity contribution in [2.45, 2.75) is 18.8 Å². The van der Waals surface area contributed by atoms with E-state index in [0.717, 1.165) is 18.4 Å². The Labute approximate surface area is 161 Å². The lowest BCUT2D eigenvalue weighted by molar-refractivity contribution is 0.0704. The van der Waals surface area contributed by atoms with Crippen LogP contribution in [0, 0.1) is 0 Å². The fraction of sp³-hybridized carbons (Fsp3) is 0.238. The highest BCUT2D eigenvalue weighted by Gasteiger charge is 2.27. The van der Waals surface area contributed by atoms with E-state index < -0.39 is 5.56 Å². The van der Waals surface area contributed by atoms with Gasteiger partial charge in [0.05, 0.1) is 12.0 Å². The third-order valence-corrected chi connectivity index (χ3v) is 5.05. The van der Waals surface area contributed by atoms with E-state index in [-0.39, 0.29) is 22.9 Å². The molecule has 1 aromatic carbocycles. The lowest BCUT2D eigenvalue weighted by atomic mass is 9.94. The minimum absolute atomic E-state index is 0.0114. The first-order valence-corrected chi connectivity index (χ1v) is 9.24. The molecule has 0 spiro atoms. The predicted octanol–water partition coefficient (Wildman–Crippen LogP) is 2.14. The maximum atomic E-state index is 12.9. The van der Waals surface area contributed by atoms with Gasteiger partial charge in [0.2, 0.25) is 0 Å². The molecule has 3 aromatic rings. The van der Waals surface area contributed by atoms with Gasteiger partial charge >= 0.3 is 0 Å². The minimum Gasteiger partial charge on any atom is -0.338 e. The molecule has 1 aliphatic rings. The van der Waals surface area contributed by atoms with Gasteiger partial charge in [-0.05, 0) is 30.5 Å². The Balaban J connectivity index is 1.55. The van der Waals surface area contributed by atoms with Crippen molar-refractivity contribution in [2.75, 3.05) is 13.1 Å². The summed E-state index contributed by atoms with van der Waals surface area (Å²) in [5.41, 5.74) is 1.75. The van der Waals surface area contributed by atoms with Gasteiger partial charge in [-0.3, -0.25) is 14.4 Å². The molecule has 1 aliphatic heterocycles. The number of nitrogens with zero attached hydrogens (tertiary/aromatic N) is 2. The fourth-order valence-corrected chi connectivity index (χ4v) is 3.61. The van der Waals surface area contributed by atoms with Crippen molar-refractivity contribution in [3.05, 3.63) is 86.8 Å². The van der Waals surface area contributed by atoms with E-state index in [2.05, 4.69) is 15.0 Å². The molecule has 1 amide bonds. The number of carbonyl (C=O) groups excluding carboxylic acids is 1. The number of hydrogen-bond acceptors (Lipinski definition) is 4. The topological polar surface area (TPSA) is 98.9 Å². The third kappa shape index (κ3) is 3.64. The van der Waals surface area contributed by atoms with Crippen LogP contribution in [0.3, 0.4) is 0 Å². The second-order valence-corrected chi connectivity index (χ2v) is 6.91. The monoisotopic (exact) mass is 376 g/mol. The van der Waals surface area contributed by atoms with E-state index >= 15 is 0 Å². The molecular formula is C21H20N4O3. The molecule has 28 heavy (non-hydrogen) atoms. The van der Waals surface area contributed by atoms with Crippen LogP contribution in [0.1, 0.15) is 34.8 Å². The molecule has 1 saturated heterocycles. The number of benzene rings is 1. The van der Waals surface area contributed by atoms with E-state index in [1.807, 2.05) is 30.3 Å². The number of amides is 1. The minimum atomic E-state index is -0.400. The Bertz CT molecular complexity index is 1100. The third-order valence-electron chi connectivity index (χ3n) is 5.05. The Hall–Kier alpha value is -3.48. The Morgan fingerprint density at radius 1 is 1.11 bits per heavy atom. The number of aromatic amines is 2. The van der Waals surface area contributed by atoms with Gasteiger partial charge in [0.1, 0.15) is 5.56 Å². The summed E-state index contributed by atoms with van der Waals surface area (Å²) in [5, 5.41) is 0. The molecule has 0 saturated carbocycles. The summed E-state index contributed by atoms with van der Waals surface area (Å²) in [6.45, 7) is 1.02. The summed E-state index contributed by atoms with van der Waals surface area (Å²) < 4.78 is 0. The summed E-state index contributed by atoms with van der Waals surface area (Å²) in [6.07, 6.45) is 3.03. The second kappa shape index (κ2) is 7.64. The molecule has 0 aliphatic carbocycles. The molecule has 7 heteroatoms. The van der Waals surface area contributed by atoms with Gasteiger partial charge in [0, 0.05) is 30.8 Å². The van der Waals surface area contributed by atoms with Gasteiger partial charge in [0.15, 0.2) is 0 Å². The summed E-state index contributed by atoms with van der Waals surface area (Å²) in [6, 6.07) is 14.3. The molecule has 3 heterocycles. The molecule has 2 N–H and O–H groups in total. The van der Waals surface area contributed by atoms with Gasteiger partial charge in [-0.25, -0.2) is 4.98 Å². The smallest absolute Gasteiger partial charge is 0.261 e. The predicted molar refractivity (Wildman–Crippen MR) is 105 cm³/mol. The lowest BCUT2D eigenvalue weighted by Gasteiger charge is -2.32. The van der Waals surface area contributed by atoms with E-state index in [9.17, 15) is 14.4 Å². The number of hydrogen-bond donors (Lipinski definition) is 2. The van der Waals surface area contributed by atoms with Crippen LogP contribution >= 0.6 is 0 Å². The summed E-state index contributed by atoms with van der Waals surface area (Å²) in [5.74, 6) is -0.307. The van der Waals surface area contributed by atoms with E-state index in [0.29, 0.717) is 24.5 Å². The van der Waals surface area contributed by atoms with Crippen LogP contribution in [0.2, 0.25) is 0 Å². The number of likely N-dealkylation sites (tertiary alicyclic amines) is 1. The van der Waals surface area contributed by atoms with Crippen molar-refractivity contribution in [3.8, 4) is 11.3 Å². The molecular weight excluding hydrogens is 356 g/mol. The lowest BCUT2D eigenvalue weighted by Crippen LogP contribution is -2.41. The largest absolute Gasteiger partial charge is 0.338 e. The van der Waals surface area contributed by atoms with Crippen LogP contribution in [0.15, 0.2) is 64.4 Å². The van der Waals surface area contributed by atoms with Crippen LogP contribution in [0.4, 0.5) is 0 Å². The van der Waals surface area contributed by atoms with Gasteiger partial charge in [-0.15, -0.1) is 0 Å². The van der Waals surface area contributed by atoms with E-state index in [1.165, 1.54) is 12.4 Å². The van der Waals surface area contributed by atoms with Crippen molar-refractivity contribution in [3.63, 3.8) is 0 Å². The number of carbonyl (C=O) groups is 1. The zero-order chi connectivity index (χ0) is 19.5. The molecule has 0 radical (unpaired) electrons. The number of pyridine rings is 1. The zero-order valence-electron chi connectivity index (χ0n) is 15.2. The average Bonchev–Trinajstić information content (AvgIpc) is 2.74. The molecule has 0 bridgehead atoms. The highest BCUT2D eigenvalue weighted by Crippen LogP contribution is 2.25. The number of rotatable bonds is 3. The first-order valence-electron chi connectivity index (χ1n) is 9.24. The van der Waals surface area contributed by atoms with Crippen LogP contribution in [-0.2, 0) is 0 Å². The zero-order valence-corrected chi connectivity index (χ0v) is 15.2. The molecule has 4 rings (SSSR count). The highest BCUT2D eigenvalue weighted by atomic mass is 16.2. The maximum absolute atomic E-state index is 12.9. The number of piperidine rings is 1. The standard InChI is InChI=1S/C21H20N4O3/c26-19-11-18(22-13-23-19)15-7-4-10-25(12-15)21(28)16-8-9-17(24-20(16)27)14-5-2-1-3-6-14/h1-3,5-6,8-9,11,13,15H,4,7,10,12H2,(H,24,27)(H,22,23,26). The highest BCUT2D eigenvalue weighted by molar-refractivity contribution is 5.94. The average molecular weight is 376 g/mol.